The highest BCUT2D eigenvalue weighted by molar-refractivity contribution is 7.99. The molecule has 0 unspecified atom stereocenters. The highest BCUT2D eigenvalue weighted by Gasteiger charge is 2.13. The number of carbonyl (C=O) groups excluding carboxylic acids is 1. The lowest BCUT2D eigenvalue weighted by molar-refractivity contribution is -0.120. The highest BCUT2D eigenvalue weighted by Crippen LogP contribution is 2.38. The normalized spacial score (nSPS) is 10.4. The van der Waals surface area contributed by atoms with Gasteiger partial charge in [0.2, 0.25) is 11.7 Å². The van der Waals surface area contributed by atoms with Crippen molar-refractivity contribution in [1.29, 1.82) is 0 Å². The number of amides is 1. The summed E-state index contributed by atoms with van der Waals surface area (Å²) in [5.41, 5.74) is 3.44. The van der Waals surface area contributed by atoms with E-state index >= 15 is 0 Å². The van der Waals surface area contributed by atoms with Gasteiger partial charge in [-0.25, -0.2) is 0 Å². The largest absolute Gasteiger partial charge is 0.493 e. The van der Waals surface area contributed by atoms with Gasteiger partial charge in [-0.2, -0.15) is 0 Å². The molecule has 0 aliphatic carbocycles. The fourth-order valence-corrected chi connectivity index (χ4v) is 3.54. The number of hydrogen-bond acceptors (Lipinski definition) is 5. The number of ether oxygens (including phenoxy) is 3. The first-order valence-electron chi connectivity index (χ1n) is 8.74. The Kier molecular flexibility index (Phi) is 7.85. The number of methoxy groups -OCH3 is 3. The van der Waals surface area contributed by atoms with Gasteiger partial charge >= 0.3 is 0 Å². The van der Waals surface area contributed by atoms with E-state index < -0.39 is 0 Å². The van der Waals surface area contributed by atoms with Crippen LogP contribution < -0.4 is 19.5 Å². The molecule has 5 nitrogen and oxygen atoms in total. The monoisotopic (exact) mass is 389 g/mol. The summed E-state index contributed by atoms with van der Waals surface area (Å²) in [5, 5.41) is 2.94. The van der Waals surface area contributed by atoms with Crippen molar-refractivity contribution >= 4 is 17.7 Å². The lowest BCUT2D eigenvalue weighted by Crippen LogP contribution is -2.23. The lowest BCUT2D eigenvalue weighted by atomic mass is 10.1. The van der Waals surface area contributed by atoms with Gasteiger partial charge in [0.15, 0.2) is 11.5 Å². The lowest BCUT2D eigenvalue weighted by Gasteiger charge is -2.14. The van der Waals surface area contributed by atoms with Crippen molar-refractivity contribution in [3.63, 3.8) is 0 Å². The fraction of sp³-hybridized carbons (Fsp3) is 0.381. The fourth-order valence-electron chi connectivity index (χ4n) is 2.59. The third-order valence-electron chi connectivity index (χ3n) is 4.29. The molecule has 0 aromatic heterocycles. The van der Waals surface area contributed by atoms with E-state index in [4.69, 9.17) is 14.2 Å². The Balaban J connectivity index is 1.87. The van der Waals surface area contributed by atoms with Crippen LogP contribution in [0.1, 0.15) is 23.1 Å². The first-order chi connectivity index (χ1) is 13.0. The van der Waals surface area contributed by atoms with E-state index in [0.29, 0.717) is 30.2 Å². The Morgan fingerprint density at radius 3 is 2.19 bits per heavy atom. The molecule has 0 fully saturated rings. The van der Waals surface area contributed by atoms with E-state index in [1.165, 1.54) is 16.0 Å². The van der Waals surface area contributed by atoms with Crippen LogP contribution in [0.3, 0.4) is 0 Å². The minimum Gasteiger partial charge on any atom is -0.493 e. The van der Waals surface area contributed by atoms with E-state index in [9.17, 15) is 4.79 Å². The molecule has 2 rings (SSSR count). The minimum absolute atomic E-state index is 0.0140. The third-order valence-corrected chi connectivity index (χ3v) is 5.29. The summed E-state index contributed by atoms with van der Waals surface area (Å²) in [6, 6.07) is 10.0. The molecule has 0 spiro atoms. The summed E-state index contributed by atoms with van der Waals surface area (Å²) < 4.78 is 16.0. The quantitative estimate of drug-likeness (QED) is 0.654. The van der Waals surface area contributed by atoms with Gasteiger partial charge in [0.05, 0.1) is 21.3 Å². The Hall–Kier alpha value is -2.34. The van der Waals surface area contributed by atoms with Gasteiger partial charge in [0.25, 0.3) is 0 Å². The smallest absolute Gasteiger partial charge is 0.221 e. The molecule has 2 aromatic carbocycles. The van der Waals surface area contributed by atoms with Gasteiger partial charge in [0, 0.05) is 23.6 Å². The van der Waals surface area contributed by atoms with Crippen molar-refractivity contribution in [2.45, 2.75) is 31.7 Å². The van der Waals surface area contributed by atoms with Crippen molar-refractivity contribution in [2.24, 2.45) is 0 Å². The van der Waals surface area contributed by atoms with Gasteiger partial charge in [-0.05, 0) is 54.8 Å². The average Bonchev–Trinajstić information content (AvgIpc) is 2.68. The molecule has 0 saturated carbocycles. The minimum atomic E-state index is 0.0140. The van der Waals surface area contributed by atoms with Gasteiger partial charge in [-0.15, -0.1) is 11.8 Å². The molecule has 0 bridgehead atoms. The molecular formula is C21H27NO4S. The molecule has 0 heterocycles. The van der Waals surface area contributed by atoms with Crippen LogP contribution in [0.4, 0.5) is 0 Å². The summed E-state index contributed by atoms with van der Waals surface area (Å²) in [6.07, 6.45) is 0.460. The Morgan fingerprint density at radius 1 is 0.963 bits per heavy atom. The Bertz CT molecular complexity index is 767. The van der Waals surface area contributed by atoms with Crippen molar-refractivity contribution < 1.29 is 19.0 Å². The second-order valence-corrected chi connectivity index (χ2v) is 7.32. The summed E-state index contributed by atoms with van der Waals surface area (Å²) in [4.78, 5) is 13.3. The average molecular weight is 390 g/mol. The Labute approximate surface area is 165 Å². The molecule has 6 heteroatoms. The molecule has 0 aliphatic heterocycles. The van der Waals surface area contributed by atoms with Crippen LogP contribution in [0, 0.1) is 13.8 Å². The molecule has 0 atom stereocenters. The van der Waals surface area contributed by atoms with Crippen LogP contribution in [0.25, 0.3) is 0 Å². The van der Waals surface area contributed by atoms with Gasteiger partial charge < -0.3 is 19.5 Å². The van der Waals surface area contributed by atoms with Gasteiger partial charge in [0.1, 0.15) is 0 Å². The Morgan fingerprint density at radius 2 is 1.63 bits per heavy atom. The van der Waals surface area contributed by atoms with Crippen LogP contribution in [-0.4, -0.2) is 33.0 Å². The number of hydrogen-bond donors (Lipinski definition) is 1. The van der Waals surface area contributed by atoms with Gasteiger partial charge in [-0.3, -0.25) is 4.79 Å². The maximum absolute atomic E-state index is 12.1. The predicted octanol–water partition coefficient (Wildman–Crippen LogP) is 4.13. The molecule has 146 valence electrons. The van der Waals surface area contributed by atoms with Gasteiger partial charge in [-0.1, -0.05) is 6.07 Å². The SMILES string of the molecule is COc1cc(CNC(=O)CCSc2ccc(C)c(C)c2)cc(OC)c1OC. The summed E-state index contributed by atoms with van der Waals surface area (Å²) >= 11 is 1.69. The molecule has 2 aromatic rings. The van der Waals surface area contributed by atoms with Crippen LogP contribution in [0.2, 0.25) is 0 Å². The van der Waals surface area contributed by atoms with Crippen LogP contribution >= 0.6 is 11.8 Å². The summed E-state index contributed by atoms with van der Waals surface area (Å²) in [7, 11) is 4.71. The topological polar surface area (TPSA) is 56.8 Å². The third kappa shape index (κ3) is 5.82. The number of nitrogens with one attached hydrogen (secondary N) is 1. The number of aryl methyl sites for hydroxylation is 2. The molecule has 1 N–H and O–H groups in total. The van der Waals surface area contributed by atoms with E-state index in [-0.39, 0.29) is 5.91 Å². The maximum Gasteiger partial charge on any atom is 0.221 e. The zero-order valence-electron chi connectivity index (χ0n) is 16.5. The summed E-state index contributed by atoms with van der Waals surface area (Å²) in [5.74, 6) is 2.45. The van der Waals surface area contributed by atoms with E-state index in [1.807, 2.05) is 12.1 Å². The predicted molar refractivity (Wildman–Crippen MR) is 109 cm³/mol. The van der Waals surface area contributed by atoms with Crippen molar-refractivity contribution in [1.82, 2.24) is 5.32 Å². The van der Waals surface area contributed by atoms with Crippen LogP contribution in [0.15, 0.2) is 35.2 Å². The maximum atomic E-state index is 12.1. The van der Waals surface area contributed by atoms with Crippen LogP contribution in [0.5, 0.6) is 17.2 Å². The first kappa shape index (κ1) is 21.0. The number of benzene rings is 2. The summed E-state index contributed by atoms with van der Waals surface area (Å²) in [6.45, 7) is 4.60. The van der Waals surface area contributed by atoms with Crippen molar-refractivity contribution in [3.05, 3.63) is 47.0 Å². The number of rotatable bonds is 9. The van der Waals surface area contributed by atoms with E-state index in [0.717, 1.165) is 11.3 Å². The number of carbonyl (C=O) groups is 1. The second-order valence-electron chi connectivity index (χ2n) is 6.15. The molecular weight excluding hydrogens is 362 g/mol. The van der Waals surface area contributed by atoms with Crippen molar-refractivity contribution in [2.75, 3.05) is 27.1 Å². The molecule has 27 heavy (non-hydrogen) atoms. The molecule has 0 aliphatic rings. The van der Waals surface area contributed by atoms with E-state index in [1.54, 1.807) is 33.1 Å². The zero-order chi connectivity index (χ0) is 19.8. The van der Waals surface area contributed by atoms with Crippen LogP contribution in [-0.2, 0) is 11.3 Å². The van der Waals surface area contributed by atoms with Crippen molar-refractivity contribution in [3.8, 4) is 17.2 Å². The molecule has 1 amide bonds. The number of thioether (sulfide) groups is 1. The van der Waals surface area contributed by atoms with E-state index in [2.05, 4.69) is 37.4 Å². The second kappa shape index (κ2) is 10.1. The standard InChI is InChI=1S/C21H27NO4S/c1-14-6-7-17(10-15(14)2)27-9-8-20(23)22-13-16-11-18(24-3)21(26-5)19(12-16)25-4/h6-7,10-12H,8-9,13H2,1-5H3,(H,22,23). The molecule has 0 saturated heterocycles. The zero-order valence-corrected chi connectivity index (χ0v) is 17.4. The first-order valence-corrected chi connectivity index (χ1v) is 9.72. The molecule has 0 radical (unpaired) electrons. The highest BCUT2D eigenvalue weighted by atomic mass is 32.2.